The number of halogens is 1. The summed E-state index contributed by atoms with van der Waals surface area (Å²) in [6.45, 7) is -0.149. The van der Waals surface area contributed by atoms with Gasteiger partial charge in [0, 0.05) is 23.8 Å². The van der Waals surface area contributed by atoms with Crippen LogP contribution in [-0.4, -0.2) is 62.8 Å². The van der Waals surface area contributed by atoms with Gasteiger partial charge in [0.05, 0.1) is 40.0 Å². The van der Waals surface area contributed by atoms with Crippen molar-refractivity contribution in [1.29, 1.82) is 0 Å². The standard InChI is InChI=1S/C25H29BrO9/c1-30-19-7-13(8-20(31-2)24(19)32-3)21-14-9-17-18(35-12-34-17)10-15(14)23(28)16(11-27)22(21)25(29)33-6-4-5-26/h7-10,16,21-23,27-28H,4-6,11-12H2,1-3H3/t16-,21+,22+,23-/m0/s1. The van der Waals surface area contributed by atoms with E-state index in [0.29, 0.717) is 57.2 Å². The van der Waals surface area contributed by atoms with Crippen molar-refractivity contribution in [2.24, 2.45) is 11.8 Å². The van der Waals surface area contributed by atoms with Crippen molar-refractivity contribution in [3.8, 4) is 28.7 Å². The number of ether oxygens (including phenoxy) is 6. The summed E-state index contributed by atoms with van der Waals surface area (Å²) in [5.41, 5.74) is 1.90. The topological polar surface area (TPSA) is 113 Å². The lowest BCUT2D eigenvalue weighted by atomic mass is 9.65. The predicted octanol–water partition coefficient (Wildman–Crippen LogP) is 3.17. The SMILES string of the molecule is COc1cc([C@@H]2c3cc4c(cc3[C@H](O)[C@@H](CO)[C@H]2C(=O)OCCCBr)OCO4)cc(OC)c1OC. The summed E-state index contributed by atoms with van der Waals surface area (Å²) < 4.78 is 33.3. The average Bonchev–Trinajstić information content (AvgIpc) is 3.34. The summed E-state index contributed by atoms with van der Waals surface area (Å²) in [5.74, 6) is -0.551. The molecule has 0 unspecified atom stereocenters. The van der Waals surface area contributed by atoms with E-state index in [1.54, 1.807) is 24.3 Å². The number of alkyl halides is 1. The highest BCUT2D eigenvalue weighted by atomic mass is 79.9. The van der Waals surface area contributed by atoms with Crippen molar-refractivity contribution in [2.45, 2.75) is 18.4 Å². The smallest absolute Gasteiger partial charge is 0.310 e. The molecule has 4 atom stereocenters. The minimum Gasteiger partial charge on any atom is -0.493 e. The van der Waals surface area contributed by atoms with Crippen molar-refractivity contribution in [3.05, 3.63) is 41.0 Å². The van der Waals surface area contributed by atoms with Crippen molar-refractivity contribution in [3.63, 3.8) is 0 Å². The molecule has 0 amide bonds. The van der Waals surface area contributed by atoms with Crippen molar-refractivity contribution < 1.29 is 43.4 Å². The quantitative estimate of drug-likeness (QED) is 0.275. The number of carbonyl (C=O) groups excluding carboxylic acids is 1. The van der Waals surface area contributed by atoms with Crippen molar-refractivity contribution in [2.75, 3.05) is 46.7 Å². The zero-order valence-corrected chi connectivity index (χ0v) is 21.4. The molecule has 2 aliphatic rings. The largest absolute Gasteiger partial charge is 0.493 e. The maximum Gasteiger partial charge on any atom is 0.310 e. The Kier molecular flexibility index (Phi) is 7.93. The molecule has 0 saturated carbocycles. The van der Waals surface area contributed by atoms with Gasteiger partial charge in [0.25, 0.3) is 0 Å². The molecule has 0 radical (unpaired) electrons. The Hall–Kier alpha value is -2.69. The maximum atomic E-state index is 13.4. The normalized spacial score (nSPS) is 22.3. The van der Waals surface area contributed by atoms with Gasteiger partial charge in [-0.2, -0.15) is 0 Å². The highest BCUT2D eigenvalue weighted by Crippen LogP contribution is 2.53. The number of carbonyl (C=O) groups is 1. The lowest BCUT2D eigenvalue weighted by molar-refractivity contribution is -0.155. The fourth-order valence-electron chi connectivity index (χ4n) is 4.88. The van der Waals surface area contributed by atoms with E-state index in [9.17, 15) is 15.0 Å². The lowest BCUT2D eigenvalue weighted by Gasteiger charge is -2.41. The van der Waals surface area contributed by atoms with E-state index in [2.05, 4.69) is 15.9 Å². The highest BCUT2D eigenvalue weighted by Gasteiger charge is 2.48. The van der Waals surface area contributed by atoms with E-state index in [-0.39, 0.29) is 13.4 Å². The van der Waals surface area contributed by atoms with Crippen LogP contribution in [-0.2, 0) is 9.53 Å². The first-order valence-corrected chi connectivity index (χ1v) is 12.4. The van der Waals surface area contributed by atoms with E-state index in [4.69, 9.17) is 28.4 Å². The van der Waals surface area contributed by atoms with Gasteiger partial charge in [-0.1, -0.05) is 15.9 Å². The second kappa shape index (κ2) is 10.9. The third-order valence-electron chi connectivity index (χ3n) is 6.51. The van der Waals surface area contributed by atoms with Crippen LogP contribution in [0.4, 0.5) is 0 Å². The zero-order valence-electron chi connectivity index (χ0n) is 19.8. The summed E-state index contributed by atoms with van der Waals surface area (Å²) in [6, 6.07) is 7.03. The van der Waals surface area contributed by atoms with Crippen LogP contribution in [0.3, 0.4) is 0 Å². The third-order valence-corrected chi connectivity index (χ3v) is 7.07. The van der Waals surface area contributed by atoms with Gasteiger partial charge in [-0.25, -0.2) is 0 Å². The van der Waals surface area contributed by atoms with E-state index in [0.717, 1.165) is 0 Å². The monoisotopic (exact) mass is 552 g/mol. The number of rotatable bonds is 9. The van der Waals surface area contributed by atoms with Gasteiger partial charge >= 0.3 is 5.97 Å². The molecule has 4 rings (SSSR count). The Morgan fingerprint density at radius 1 is 1.03 bits per heavy atom. The van der Waals surface area contributed by atoms with Crippen LogP contribution >= 0.6 is 15.9 Å². The van der Waals surface area contributed by atoms with E-state index in [1.807, 2.05) is 0 Å². The number of aliphatic hydroxyl groups is 2. The fourth-order valence-corrected chi connectivity index (χ4v) is 5.11. The summed E-state index contributed by atoms with van der Waals surface area (Å²) in [4.78, 5) is 13.4. The molecule has 1 aliphatic carbocycles. The molecule has 0 spiro atoms. The molecule has 190 valence electrons. The molecule has 0 fully saturated rings. The first-order valence-electron chi connectivity index (χ1n) is 11.2. The van der Waals surface area contributed by atoms with Crippen molar-refractivity contribution in [1.82, 2.24) is 0 Å². The molecule has 1 aliphatic heterocycles. The summed E-state index contributed by atoms with van der Waals surface area (Å²) in [7, 11) is 4.54. The minimum atomic E-state index is -1.11. The van der Waals surface area contributed by atoms with Crippen LogP contribution < -0.4 is 23.7 Å². The van der Waals surface area contributed by atoms with Crippen LogP contribution in [0.25, 0.3) is 0 Å². The zero-order chi connectivity index (χ0) is 25.1. The Labute approximate surface area is 212 Å². The molecule has 0 aromatic heterocycles. The van der Waals surface area contributed by atoms with Gasteiger partial charge < -0.3 is 38.6 Å². The average molecular weight is 553 g/mol. The lowest BCUT2D eigenvalue weighted by Crippen LogP contribution is -2.41. The van der Waals surface area contributed by atoms with Crippen LogP contribution in [0.15, 0.2) is 24.3 Å². The first-order chi connectivity index (χ1) is 17.0. The molecule has 2 N–H and O–H groups in total. The number of aliphatic hydroxyl groups excluding tert-OH is 2. The van der Waals surface area contributed by atoms with Gasteiger partial charge in [0.1, 0.15) is 0 Å². The molecule has 0 bridgehead atoms. The van der Waals surface area contributed by atoms with Gasteiger partial charge in [0.15, 0.2) is 23.0 Å². The second-order valence-electron chi connectivity index (χ2n) is 8.30. The van der Waals surface area contributed by atoms with Crippen LogP contribution in [0.5, 0.6) is 28.7 Å². The van der Waals surface area contributed by atoms with E-state index >= 15 is 0 Å². The number of fused-ring (bicyclic) bond motifs is 2. The molecule has 0 saturated heterocycles. The minimum absolute atomic E-state index is 0.0601. The predicted molar refractivity (Wildman–Crippen MR) is 129 cm³/mol. The molecule has 35 heavy (non-hydrogen) atoms. The van der Waals surface area contributed by atoms with Gasteiger partial charge in [-0.3, -0.25) is 4.79 Å². The number of hydrogen-bond donors (Lipinski definition) is 2. The van der Waals surface area contributed by atoms with Crippen LogP contribution in [0.1, 0.15) is 35.1 Å². The molecular formula is C25H29BrO9. The fraction of sp³-hybridized carbons (Fsp3) is 0.480. The highest BCUT2D eigenvalue weighted by molar-refractivity contribution is 9.09. The molecule has 9 nitrogen and oxygen atoms in total. The summed E-state index contributed by atoms with van der Waals surface area (Å²) >= 11 is 3.34. The summed E-state index contributed by atoms with van der Waals surface area (Å²) in [6.07, 6.45) is -0.480. The molecule has 2 aromatic carbocycles. The van der Waals surface area contributed by atoms with Crippen LogP contribution in [0, 0.1) is 11.8 Å². The Bertz CT molecular complexity index is 1050. The maximum absolute atomic E-state index is 13.4. The summed E-state index contributed by atoms with van der Waals surface area (Å²) in [5, 5.41) is 22.2. The Balaban J connectivity index is 1.93. The van der Waals surface area contributed by atoms with Gasteiger partial charge in [-0.15, -0.1) is 0 Å². The Morgan fingerprint density at radius 3 is 2.20 bits per heavy atom. The molecule has 1 heterocycles. The van der Waals surface area contributed by atoms with Crippen molar-refractivity contribution >= 4 is 21.9 Å². The Morgan fingerprint density at radius 2 is 1.66 bits per heavy atom. The molecular weight excluding hydrogens is 524 g/mol. The second-order valence-corrected chi connectivity index (χ2v) is 9.09. The number of benzene rings is 2. The molecule has 2 aromatic rings. The van der Waals surface area contributed by atoms with E-state index < -0.39 is 36.4 Å². The number of methoxy groups -OCH3 is 3. The number of esters is 1. The first kappa shape index (κ1) is 25.4. The van der Waals surface area contributed by atoms with Gasteiger partial charge in [-0.05, 0) is 47.4 Å². The van der Waals surface area contributed by atoms with Crippen LogP contribution in [0.2, 0.25) is 0 Å². The number of hydrogen-bond acceptors (Lipinski definition) is 9. The van der Waals surface area contributed by atoms with Gasteiger partial charge in [0.2, 0.25) is 12.5 Å². The van der Waals surface area contributed by atoms with E-state index in [1.165, 1.54) is 21.3 Å². The molecule has 10 heteroatoms. The third kappa shape index (κ3) is 4.62.